The summed E-state index contributed by atoms with van der Waals surface area (Å²) in [6.45, 7) is 3.76. The maximum atomic E-state index is 13.1. The second-order valence-electron chi connectivity index (χ2n) is 4.96. The van der Waals surface area contributed by atoms with Gasteiger partial charge in [0.25, 0.3) is 0 Å². The lowest BCUT2D eigenvalue weighted by Crippen LogP contribution is -2.37. The van der Waals surface area contributed by atoms with Gasteiger partial charge in [0.2, 0.25) is 0 Å². The molecule has 0 saturated heterocycles. The van der Waals surface area contributed by atoms with Crippen LogP contribution in [0.3, 0.4) is 0 Å². The number of benzene rings is 1. The number of hydrogen-bond acceptors (Lipinski definition) is 6. The molecule has 120 valence electrons. The Morgan fingerprint density at radius 2 is 2.04 bits per heavy atom. The molecular formula is C15H16FN5O2. The fourth-order valence-corrected chi connectivity index (χ4v) is 2.43. The molecule has 0 spiro atoms. The van der Waals surface area contributed by atoms with E-state index in [1.165, 1.54) is 16.8 Å². The van der Waals surface area contributed by atoms with Crippen LogP contribution in [0, 0.1) is 12.7 Å². The van der Waals surface area contributed by atoms with Gasteiger partial charge in [-0.15, -0.1) is 0 Å². The summed E-state index contributed by atoms with van der Waals surface area (Å²) in [6, 6.07) is 6.06. The summed E-state index contributed by atoms with van der Waals surface area (Å²) in [5.74, 6) is -0.185. The smallest absolute Gasteiger partial charge is 0.360 e. The van der Waals surface area contributed by atoms with Crippen molar-refractivity contribution in [3.63, 3.8) is 0 Å². The standard InChI is InChI=1S/C15H16FN5O2/c1-3-23-15(22)12-13(17)21-14(19-18-12)11(8(2)20-21)9-4-6-10(16)7-5-9/h4-7,18-19H,3,17H2,1-2H3. The molecule has 0 fully saturated rings. The van der Waals surface area contributed by atoms with Crippen LogP contribution >= 0.6 is 0 Å². The number of aryl methyl sites for hydroxylation is 1. The van der Waals surface area contributed by atoms with Crippen molar-refractivity contribution < 1.29 is 13.9 Å². The summed E-state index contributed by atoms with van der Waals surface area (Å²) < 4.78 is 19.5. The van der Waals surface area contributed by atoms with Gasteiger partial charge in [-0.25, -0.2) is 9.18 Å². The molecule has 2 heterocycles. The van der Waals surface area contributed by atoms with Crippen LogP contribution in [0.4, 0.5) is 10.2 Å². The Labute approximate surface area is 131 Å². The summed E-state index contributed by atoms with van der Waals surface area (Å²) in [6.07, 6.45) is 0. The van der Waals surface area contributed by atoms with E-state index in [1.807, 2.05) is 6.92 Å². The van der Waals surface area contributed by atoms with Crippen molar-refractivity contribution in [3.8, 4) is 11.1 Å². The lowest BCUT2D eigenvalue weighted by atomic mass is 10.1. The molecule has 0 saturated carbocycles. The summed E-state index contributed by atoms with van der Waals surface area (Å²) >= 11 is 0. The summed E-state index contributed by atoms with van der Waals surface area (Å²) in [5, 5.41) is 4.35. The quantitative estimate of drug-likeness (QED) is 0.744. The molecule has 0 unspecified atom stereocenters. The van der Waals surface area contributed by atoms with Crippen molar-refractivity contribution in [2.45, 2.75) is 13.8 Å². The maximum absolute atomic E-state index is 13.1. The molecule has 0 atom stereocenters. The van der Waals surface area contributed by atoms with Crippen molar-refractivity contribution >= 4 is 17.6 Å². The van der Waals surface area contributed by atoms with Gasteiger partial charge in [-0.1, -0.05) is 12.1 Å². The van der Waals surface area contributed by atoms with Gasteiger partial charge in [0, 0.05) is 5.56 Å². The Kier molecular flexibility index (Phi) is 3.65. The van der Waals surface area contributed by atoms with Crippen LogP contribution in [0.5, 0.6) is 0 Å². The molecule has 1 aromatic carbocycles. The molecule has 2 aromatic rings. The third-order valence-corrected chi connectivity index (χ3v) is 3.46. The minimum absolute atomic E-state index is 0.0903. The lowest BCUT2D eigenvalue weighted by Gasteiger charge is -2.22. The van der Waals surface area contributed by atoms with Gasteiger partial charge in [-0.2, -0.15) is 9.78 Å². The first kappa shape index (κ1) is 14.9. The van der Waals surface area contributed by atoms with Crippen LogP contribution in [0.2, 0.25) is 0 Å². The topological polar surface area (TPSA) is 94.2 Å². The Bertz CT molecular complexity index is 795. The Morgan fingerprint density at radius 1 is 1.35 bits per heavy atom. The highest BCUT2D eigenvalue weighted by Crippen LogP contribution is 2.34. The van der Waals surface area contributed by atoms with Gasteiger partial charge in [0.15, 0.2) is 17.3 Å². The van der Waals surface area contributed by atoms with Crippen molar-refractivity contribution in [1.29, 1.82) is 0 Å². The first-order chi connectivity index (χ1) is 11.0. The number of nitrogens with two attached hydrogens (primary N) is 1. The fraction of sp³-hybridized carbons (Fsp3) is 0.200. The van der Waals surface area contributed by atoms with Gasteiger partial charge in [0.1, 0.15) is 5.82 Å². The van der Waals surface area contributed by atoms with E-state index >= 15 is 0 Å². The van der Waals surface area contributed by atoms with Crippen LogP contribution in [0.25, 0.3) is 16.9 Å². The van der Waals surface area contributed by atoms with E-state index in [2.05, 4.69) is 16.0 Å². The van der Waals surface area contributed by atoms with Gasteiger partial charge in [-0.05, 0) is 31.5 Å². The molecule has 0 radical (unpaired) electrons. The number of esters is 1. The van der Waals surface area contributed by atoms with Crippen LogP contribution in [-0.2, 0) is 9.53 Å². The molecule has 1 aromatic heterocycles. The molecule has 8 heteroatoms. The highest BCUT2D eigenvalue weighted by Gasteiger charge is 2.27. The second-order valence-corrected chi connectivity index (χ2v) is 4.96. The number of carbonyl (C=O) groups is 1. The number of rotatable bonds is 3. The maximum Gasteiger partial charge on any atom is 0.360 e. The Morgan fingerprint density at radius 3 is 2.70 bits per heavy atom. The van der Waals surface area contributed by atoms with Gasteiger partial charge in [-0.3, -0.25) is 10.9 Å². The number of hydrazine groups is 1. The third kappa shape index (κ3) is 2.48. The normalized spacial score (nSPS) is 13.2. The zero-order chi connectivity index (χ0) is 16.6. The Hall–Kier alpha value is -3.03. The number of carbonyl (C=O) groups excluding carboxylic acids is 1. The second kappa shape index (κ2) is 5.64. The molecule has 7 nitrogen and oxygen atoms in total. The van der Waals surface area contributed by atoms with E-state index in [4.69, 9.17) is 10.5 Å². The summed E-state index contributed by atoms with van der Waals surface area (Å²) in [7, 11) is 0. The molecule has 1 aliphatic rings. The number of fused-ring (bicyclic) bond motifs is 1. The molecule has 23 heavy (non-hydrogen) atoms. The van der Waals surface area contributed by atoms with Crippen molar-refractivity contribution in [2.24, 2.45) is 5.73 Å². The molecule has 0 amide bonds. The van der Waals surface area contributed by atoms with Gasteiger partial charge >= 0.3 is 5.97 Å². The number of aromatic nitrogens is 2. The lowest BCUT2D eigenvalue weighted by molar-refractivity contribution is -0.138. The van der Waals surface area contributed by atoms with Crippen LogP contribution < -0.4 is 16.6 Å². The number of ether oxygens (including phenoxy) is 1. The molecule has 4 N–H and O–H groups in total. The van der Waals surface area contributed by atoms with E-state index in [1.54, 1.807) is 19.1 Å². The van der Waals surface area contributed by atoms with Crippen molar-refractivity contribution in [2.75, 3.05) is 12.0 Å². The van der Waals surface area contributed by atoms with E-state index in [0.717, 1.165) is 11.1 Å². The van der Waals surface area contributed by atoms with Gasteiger partial charge in [0.05, 0.1) is 12.3 Å². The van der Waals surface area contributed by atoms with E-state index in [0.29, 0.717) is 11.5 Å². The number of nitrogens with zero attached hydrogens (tertiary/aromatic N) is 2. The minimum atomic E-state index is -0.570. The first-order valence-corrected chi connectivity index (χ1v) is 7.07. The largest absolute Gasteiger partial charge is 0.461 e. The molecule has 1 aliphatic heterocycles. The fourth-order valence-electron chi connectivity index (χ4n) is 2.43. The highest BCUT2D eigenvalue weighted by molar-refractivity contribution is 5.96. The van der Waals surface area contributed by atoms with E-state index < -0.39 is 5.97 Å². The summed E-state index contributed by atoms with van der Waals surface area (Å²) in [5.41, 5.74) is 14.0. The molecule has 0 bridgehead atoms. The number of anilines is 1. The number of nitrogens with one attached hydrogen (secondary N) is 2. The number of hydrogen-bond donors (Lipinski definition) is 3. The monoisotopic (exact) mass is 317 g/mol. The SMILES string of the molecule is CCOC(=O)C1=C(N)n2nc(C)c(-c3ccc(F)cc3)c2NN1. The highest BCUT2D eigenvalue weighted by atomic mass is 19.1. The van der Waals surface area contributed by atoms with Crippen LogP contribution in [0.15, 0.2) is 30.0 Å². The average Bonchev–Trinajstić information content (AvgIpc) is 2.86. The molecule has 0 aliphatic carbocycles. The van der Waals surface area contributed by atoms with Crippen molar-refractivity contribution in [3.05, 3.63) is 41.5 Å². The zero-order valence-corrected chi connectivity index (χ0v) is 12.7. The predicted octanol–water partition coefficient (Wildman–Crippen LogP) is 1.58. The zero-order valence-electron chi connectivity index (χ0n) is 12.7. The first-order valence-electron chi connectivity index (χ1n) is 7.07. The summed E-state index contributed by atoms with van der Waals surface area (Å²) in [4.78, 5) is 11.9. The predicted molar refractivity (Wildman–Crippen MR) is 83.2 cm³/mol. The van der Waals surface area contributed by atoms with Crippen molar-refractivity contribution in [1.82, 2.24) is 15.2 Å². The van der Waals surface area contributed by atoms with E-state index in [-0.39, 0.29) is 23.9 Å². The average molecular weight is 317 g/mol. The van der Waals surface area contributed by atoms with Crippen LogP contribution in [0.1, 0.15) is 12.6 Å². The van der Waals surface area contributed by atoms with Crippen LogP contribution in [-0.4, -0.2) is 22.4 Å². The van der Waals surface area contributed by atoms with E-state index in [9.17, 15) is 9.18 Å². The molecule has 3 rings (SSSR count). The Balaban J connectivity index is 2.08. The third-order valence-electron chi connectivity index (χ3n) is 3.46. The minimum Gasteiger partial charge on any atom is -0.461 e. The number of halogens is 1. The van der Waals surface area contributed by atoms with Gasteiger partial charge < -0.3 is 10.5 Å². The molecular weight excluding hydrogens is 301 g/mol.